The largest absolute Gasteiger partial charge is 0.507 e. The van der Waals surface area contributed by atoms with Crippen LogP contribution in [0.2, 0.25) is 0 Å². The molecule has 1 heterocycles. The van der Waals surface area contributed by atoms with Crippen molar-refractivity contribution in [3.8, 4) is 0 Å². The Balaban J connectivity index is 3.50. The summed E-state index contributed by atoms with van der Waals surface area (Å²) in [6.45, 7) is 8.54. The SMILES string of the molecule is C\C=C/C=C\C(=C/C)C(\C)=C\C(O)=C1\C(=O)OC(C)C(F)/C=C\C(=O)C(O)C(O)CCC\C1=C\C. The number of alkyl halides is 1. The van der Waals surface area contributed by atoms with E-state index in [-0.39, 0.29) is 24.2 Å². The lowest BCUT2D eigenvalue weighted by atomic mass is 9.94. The molecule has 35 heavy (non-hydrogen) atoms. The van der Waals surface area contributed by atoms with Crippen LogP contribution in [0.1, 0.15) is 53.9 Å². The highest BCUT2D eigenvalue weighted by Crippen LogP contribution is 2.26. The van der Waals surface area contributed by atoms with Gasteiger partial charge in [-0.3, -0.25) is 4.79 Å². The number of esters is 1. The number of ketones is 1. The van der Waals surface area contributed by atoms with Gasteiger partial charge in [0.25, 0.3) is 0 Å². The van der Waals surface area contributed by atoms with E-state index < -0.39 is 36.2 Å². The summed E-state index contributed by atoms with van der Waals surface area (Å²) >= 11 is 0. The summed E-state index contributed by atoms with van der Waals surface area (Å²) in [4.78, 5) is 25.1. The summed E-state index contributed by atoms with van der Waals surface area (Å²) in [6, 6.07) is 0. The van der Waals surface area contributed by atoms with Crippen molar-refractivity contribution in [3.05, 3.63) is 82.7 Å². The number of aliphatic hydroxyl groups is 3. The fourth-order valence-electron chi connectivity index (χ4n) is 3.48. The third kappa shape index (κ3) is 9.26. The van der Waals surface area contributed by atoms with Gasteiger partial charge in [0.2, 0.25) is 0 Å². The molecule has 0 saturated carbocycles. The quantitative estimate of drug-likeness (QED) is 0.221. The molecule has 7 heteroatoms. The first-order chi connectivity index (χ1) is 16.6. The molecule has 1 rings (SSSR count). The highest BCUT2D eigenvalue weighted by Gasteiger charge is 2.28. The van der Waals surface area contributed by atoms with Crippen LogP contribution in [-0.4, -0.2) is 51.6 Å². The van der Waals surface area contributed by atoms with Gasteiger partial charge in [-0.15, -0.1) is 0 Å². The lowest BCUT2D eigenvalue weighted by molar-refractivity contribution is -0.145. The summed E-state index contributed by atoms with van der Waals surface area (Å²) in [5, 5.41) is 31.2. The molecule has 0 saturated heterocycles. The van der Waals surface area contributed by atoms with Gasteiger partial charge < -0.3 is 20.1 Å². The predicted molar refractivity (Wildman–Crippen MR) is 135 cm³/mol. The highest BCUT2D eigenvalue weighted by molar-refractivity contribution is 5.95. The number of ether oxygens (including phenoxy) is 1. The molecule has 0 aromatic carbocycles. The van der Waals surface area contributed by atoms with Crippen molar-refractivity contribution in [1.29, 1.82) is 0 Å². The summed E-state index contributed by atoms with van der Waals surface area (Å²) in [5.74, 6) is -2.07. The summed E-state index contributed by atoms with van der Waals surface area (Å²) in [5.41, 5.74) is 1.85. The Bertz CT molecular complexity index is 964. The van der Waals surface area contributed by atoms with Crippen LogP contribution >= 0.6 is 0 Å². The second kappa shape index (κ2) is 15.1. The molecule has 0 radical (unpaired) electrons. The van der Waals surface area contributed by atoms with E-state index in [2.05, 4.69) is 0 Å². The lowest BCUT2D eigenvalue weighted by Crippen LogP contribution is -2.33. The van der Waals surface area contributed by atoms with Crippen molar-refractivity contribution in [2.45, 2.75) is 78.4 Å². The van der Waals surface area contributed by atoms with E-state index in [0.29, 0.717) is 17.6 Å². The maximum atomic E-state index is 14.5. The zero-order valence-electron chi connectivity index (χ0n) is 21.1. The second-order valence-electron chi connectivity index (χ2n) is 8.25. The molecule has 0 spiro atoms. The minimum Gasteiger partial charge on any atom is -0.507 e. The number of hydrogen-bond donors (Lipinski definition) is 3. The smallest absolute Gasteiger partial charge is 0.342 e. The van der Waals surface area contributed by atoms with Crippen molar-refractivity contribution >= 4 is 11.8 Å². The Hall–Kier alpha value is -3.03. The number of cyclic esters (lactones) is 1. The van der Waals surface area contributed by atoms with Gasteiger partial charge >= 0.3 is 5.97 Å². The van der Waals surface area contributed by atoms with Crippen LogP contribution in [0.15, 0.2) is 82.7 Å². The first kappa shape index (κ1) is 30.0. The Morgan fingerprint density at radius 1 is 1.17 bits per heavy atom. The van der Waals surface area contributed by atoms with Crippen LogP contribution in [0, 0.1) is 0 Å². The van der Waals surface area contributed by atoms with E-state index in [4.69, 9.17) is 4.74 Å². The summed E-state index contributed by atoms with van der Waals surface area (Å²) in [7, 11) is 0. The van der Waals surface area contributed by atoms with E-state index in [0.717, 1.165) is 17.7 Å². The number of carbonyl (C=O) groups is 2. The predicted octanol–water partition coefficient (Wildman–Crippen LogP) is 5.07. The fraction of sp³-hybridized carbons (Fsp3) is 0.429. The van der Waals surface area contributed by atoms with Gasteiger partial charge in [-0.1, -0.05) is 36.5 Å². The molecular weight excluding hydrogens is 451 g/mol. The molecule has 0 aliphatic carbocycles. The average Bonchev–Trinajstić information content (AvgIpc) is 2.82. The summed E-state index contributed by atoms with van der Waals surface area (Å²) < 4.78 is 19.8. The van der Waals surface area contributed by atoms with Crippen molar-refractivity contribution in [3.63, 3.8) is 0 Å². The molecule has 3 N–H and O–H groups in total. The molecule has 0 aromatic rings. The fourth-order valence-corrected chi connectivity index (χ4v) is 3.48. The van der Waals surface area contributed by atoms with E-state index in [1.807, 2.05) is 44.2 Å². The molecule has 0 fully saturated rings. The topological polar surface area (TPSA) is 104 Å². The number of rotatable bonds is 4. The monoisotopic (exact) mass is 488 g/mol. The number of allylic oxidation sites excluding steroid dienone is 9. The number of carbonyl (C=O) groups excluding carboxylic acids is 2. The number of halogens is 1. The Kier molecular flexibility index (Phi) is 12.9. The van der Waals surface area contributed by atoms with Crippen LogP contribution in [-0.2, 0) is 14.3 Å². The van der Waals surface area contributed by atoms with Gasteiger partial charge in [0.1, 0.15) is 23.5 Å². The first-order valence-electron chi connectivity index (χ1n) is 11.7. The minimum atomic E-state index is -1.84. The van der Waals surface area contributed by atoms with Gasteiger partial charge in [-0.2, -0.15) is 0 Å². The molecule has 0 aromatic heterocycles. The molecular formula is C28H37FO6. The molecule has 1 aliphatic heterocycles. The maximum absolute atomic E-state index is 14.5. The second-order valence-corrected chi connectivity index (χ2v) is 8.25. The van der Waals surface area contributed by atoms with Crippen LogP contribution in [0.25, 0.3) is 0 Å². The van der Waals surface area contributed by atoms with Gasteiger partial charge in [0, 0.05) is 0 Å². The van der Waals surface area contributed by atoms with E-state index in [1.54, 1.807) is 19.9 Å². The third-order valence-electron chi connectivity index (χ3n) is 5.62. The molecule has 0 bridgehead atoms. The van der Waals surface area contributed by atoms with Crippen LogP contribution in [0.4, 0.5) is 4.39 Å². The van der Waals surface area contributed by atoms with Crippen LogP contribution in [0.5, 0.6) is 0 Å². The van der Waals surface area contributed by atoms with E-state index in [1.165, 1.54) is 13.0 Å². The zero-order valence-corrected chi connectivity index (χ0v) is 21.1. The Morgan fingerprint density at radius 2 is 1.86 bits per heavy atom. The molecule has 4 atom stereocenters. The zero-order chi connectivity index (χ0) is 26.5. The van der Waals surface area contributed by atoms with Crippen molar-refractivity contribution in [1.82, 2.24) is 0 Å². The van der Waals surface area contributed by atoms with Crippen LogP contribution in [0.3, 0.4) is 0 Å². The average molecular weight is 489 g/mol. The molecule has 4 unspecified atom stereocenters. The molecule has 192 valence electrons. The molecule has 1 aliphatic rings. The first-order valence-corrected chi connectivity index (χ1v) is 11.7. The van der Waals surface area contributed by atoms with Crippen LogP contribution < -0.4 is 0 Å². The van der Waals surface area contributed by atoms with E-state index >= 15 is 0 Å². The Labute approximate surface area is 207 Å². The van der Waals surface area contributed by atoms with Gasteiger partial charge in [-0.05, 0) is 88.8 Å². The maximum Gasteiger partial charge on any atom is 0.342 e. The van der Waals surface area contributed by atoms with Gasteiger partial charge in [0.15, 0.2) is 12.0 Å². The van der Waals surface area contributed by atoms with E-state index in [9.17, 15) is 29.3 Å². The highest BCUT2D eigenvalue weighted by atomic mass is 19.1. The molecule has 6 nitrogen and oxygen atoms in total. The minimum absolute atomic E-state index is 0.0595. The lowest BCUT2D eigenvalue weighted by Gasteiger charge is -2.20. The van der Waals surface area contributed by atoms with Gasteiger partial charge in [-0.25, -0.2) is 9.18 Å². The Morgan fingerprint density at radius 3 is 2.46 bits per heavy atom. The third-order valence-corrected chi connectivity index (χ3v) is 5.62. The van der Waals surface area contributed by atoms with Gasteiger partial charge in [0.05, 0.1) is 6.10 Å². The van der Waals surface area contributed by atoms with Crippen molar-refractivity contribution < 1.29 is 34.0 Å². The van der Waals surface area contributed by atoms with Crippen molar-refractivity contribution in [2.75, 3.05) is 0 Å². The number of aliphatic hydroxyl groups excluding tert-OH is 3. The van der Waals surface area contributed by atoms with Crippen molar-refractivity contribution in [2.24, 2.45) is 0 Å². The number of hydrogen-bond acceptors (Lipinski definition) is 6. The standard InChI is InChI=1S/C28H37FO6/c1-6-9-10-12-20(7-2)18(4)17-25(32)26-21(8-3)13-11-14-23(30)27(33)24(31)16-15-22(29)19(5)35-28(26)34/h6-10,12,15-17,19,22-23,27,30,32-33H,11,13-14H2,1-5H3/b9-6-,12-10-,16-15-,18-17+,20-7+,21-8-,26-25-. The molecule has 0 amide bonds. The normalized spacial score (nSPS) is 30.0. The summed E-state index contributed by atoms with van der Waals surface area (Å²) in [6.07, 6.45) is 8.61.